The van der Waals surface area contributed by atoms with Gasteiger partial charge in [0.25, 0.3) is 5.91 Å². The number of nitrogen functional groups attached to an aromatic ring is 1. The zero-order chi connectivity index (χ0) is 12.5. The van der Waals surface area contributed by atoms with Gasteiger partial charge in [-0.15, -0.1) is 11.3 Å². The minimum Gasteiger partial charge on any atom is -0.396 e. The molecular weight excluding hydrogens is 248 g/mol. The summed E-state index contributed by atoms with van der Waals surface area (Å²) in [6.07, 6.45) is 3.62. The van der Waals surface area contributed by atoms with Crippen molar-refractivity contribution in [3.05, 3.63) is 34.3 Å². The lowest BCUT2D eigenvalue weighted by Gasteiger charge is -2.21. The fourth-order valence-corrected chi connectivity index (χ4v) is 2.64. The van der Waals surface area contributed by atoms with Gasteiger partial charge in [0.1, 0.15) is 5.69 Å². The van der Waals surface area contributed by atoms with E-state index in [0.29, 0.717) is 24.0 Å². The van der Waals surface area contributed by atoms with Gasteiger partial charge in [-0.3, -0.25) is 9.89 Å². The van der Waals surface area contributed by atoms with E-state index in [1.165, 1.54) is 11.1 Å². The van der Waals surface area contributed by atoms with Gasteiger partial charge in [0.05, 0.1) is 18.4 Å². The molecule has 1 aliphatic rings. The molecule has 0 atom stereocenters. The molecule has 0 saturated heterocycles. The maximum atomic E-state index is 12.4. The Hall–Kier alpha value is -1.82. The molecule has 0 aromatic carbocycles. The van der Waals surface area contributed by atoms with Gasteiger partial charge in [-0.2, -0.15) is 5.10 Å². The number of hydrogen-bond donors (Lipinski definition) is 2. The summed E-state index contributed by atoms with van der Waals surface area (Å²) in [4.78, 5) is 15.5. The number of hydrogen-bond acceptors (Lipinski definition) is 4. The first-order valence-electron chi connectivity index (χ1n) is 5.88. The molecule has 6 heteroatoms. The predicted octanol–water partition coefficient (Wildman–Crippen LogP) is 1.86. The van der Waals surface area contributed by atoms with Crippen molar-refractivity contribution in [2.75, 3.05) is 5.73 Å². The zero-order valence-corrected chi connectivity index (χ0v) is 10.6. The lowest BCUT2D eigenvalue weighted by atomic mass is 10.3. The van der Waals surface area contributed by atoms with E-state index in [-0.39, 0.29) is 5.91 Å². The van der Waals surface area contributed by atoms with Crippen LogP contribution >= 0.6 is 11.3 Å². The topological polar surface area (TPSA) is 75.0 Å². The Morgan fingerprint density at radius 2 is 2.44 bits per heavy atom. The second-order valence-corrected chi connectivity index (χ2v) is 5.48. The monoisotopic (exact) mass is 262 g/mol. The molecule has 1 saturated carbocycles. The molecule has 0 aliphatic heterocycles. The molecule has 2 heterocycles. The van der Waals surface area contributed by atoms with Crippen molar-refractivity contribution in [1.29, 1.82) is 0 Å². The third-order valence-electron chi connectivity index (χ3n) is 3.04. The number of nitrogens with one attached hydrogen (secondary N) is 1. The van der Waals surface area contributed by atoms with Crippen LogP contribution in [0.3, 0.4) is 0 Å². The molecule has 5 nitrogen and oxygen atoms in total. The number of nitrogens with zero attached hydrogens (tertiary/aromatic N) is 2. The number of carbonyl (C=O) groups is 1. The smallest absolute Gasteiger partial charge is 0.274 e. The van der Waals surface area contributed by atoms with Gasteiger partial charge in [0, 0.05) is 10.9 Å². The molecule has 1 fully saturated rings. The fourth-order valence-electron chi connectivity index (χ4n) is 1.93. The largest absolute Gasteiger partial charge is 0.396 e. The zero-order valence-electron chi connectivity index (χ0n) is 9.80. The molecule has 2 aromatic heterocycles. The summed E-state index contributed by atoms with van der Waals surface area (Å²) < 4.78 is 0. The summed E-state index contributed by atoms with van der Waals surface area (Å²) in [7, 11) is 0. The number of aromatic nitrogens is 2. The first kappa shape index (κ1) is 11.3. The second-order valence-electron chi connectivity index (χ2n) is 4.44. The maximum absolute atomic E-state index is 12.4. The minimum atomic E-state index is -0.0547. The predicted molar refractivity (Wildman–Crippen MR) is 70.2 cm³/mol. The lowest BCUT2D eigenvalue weighted by Crippen LogP contribution is -2.33. The normalized spacial score (nSPS) is 14.7. The molecule has 1 amide bonds. The van der Waals surface area contributed by atoms with Crippen LogP contribution in [0.15, 0.2) is 23.7 Å². The third-order valence-corrected chi connectivity index (χ3v) is 3.90. The van der Waals surface area contributed by atoms with Crippen molar-refractivity contribution < 1.29 is 4.79 Å². The minimum absolute atomic E-state index is 0.0547. The van der Waals surface area contributed by atoms with Crippen molar-refractivity contribution in [1.82, 2.24) is 15.1 Å². The number of thiophene rings is 1. The van der Waals surface area contributed by atoms with E-state index in [1.54, 1.807) is 11.3 Å². The van der Waals surface area contributed by atoms with Gasteiger partial charge in [0.15, 0.2) is 0 Å². The van der Waals surface area contributed by atoms with E-state index in [1.807, 2.05) is 22.4 Å². The van der Waals surface area contributed by atoms with Crippen molar-refractivity contribution >= 4 is 22.9 Å². The van der Waals surface area contributed by atoms with E-state index >= 15 is 0 Å². The van der Waals surface area contributed by atoms with Crippen LogP contribution in [0.4, 0.5) is 5.69 Å². The van der Waals surface area contributed by atoms with Crippen molar-refractivity contribution in [3.8, 4) is 0 Å². The van der Waals surface area contributed by atoms with Crippen LogP contribution in [0.5, 0.6) is 0 Å². The maximum Gasteiger partial charge on any atom is 0.274 e. The van der Waals surface area contributed by atoms with E-state index in [4.69, 9.17) is 5.73 Å². The summed E-state index contributed by atoms with van der Waals surface area (Å²) in [5.74, 6) is -0.0547. The quantitative estimate of drug-likeness (QED) is 0.883. The Labute approximate surface area is 109 Å². The van der Waals surface area contributed by atoms with E-state index < -0.39 is 0 Å². The summed E-state index contributed by atoms with van der Waals surface area (Å²) in [6, 6.07) is 4.39. The molecule has 1 aliphatic carbocycles. The van der Waals surface area contributed by atoms with Gasteiger partial charge >= 0.3 is 0 Å². The molecule has 18 heavy (non-hydrogen) atoms. The first-order valence-corrected chi connectivity index (χ1v) is 6.76. The molecule has 2 aromatic rings. The Kier molecular flexibility index (Phi) is 2.79. The number of nitrogens with two attached hydrogens (primary N) is 1. The van der Waals surface area contributed by atoms with Gasteiger partial charge in [-0.25, -0.2) is 0 Å². The van der Waals surface area contributed by atoms with Crippen LogP contribution in [0, 0.1) is 0 Å². The van der Waals surface area contributed by atoms with E-state index in [0.717, 1.165) is 12.8 Å². The SMILES string of the molecule is Nc1cn[nH]c1C(=O)N(Cc1cccs1)C1CC1. The number of anilines is 1. The van der Waals surface area contributed by atoms with Crippen LogP contribution < -0.4 is 5.73 Å². The number of aromatic amines is 1. The Bertz CT molecular complexity index is 544. The van der Waals surface area contributed by atoms with Crippen LogP contribution in [-0.2, 0) is 6.54 Å². The molecule has 94 valence electrons. The fraction of sp³-hybridized carbons (Fsp3) is 0.333. The average molecular weight is 262 g/mol. The average Bonchev–Trinajstić information content (AvgIpc) is 2.89. The van der Waals surface area contributed by atoms with E-state index in [2.05, 4.69) is 10.2 Å². The summed E-state index contributed by atoms with van der Waals surface area (Å²) in [5, 5.41) is 8.52. The second kappa shape index (κ2) is 4.45. The van der Waals surface area contributed by atoms with Crippen molar-refractivity contribution in [2.45, 2.75) is 25.4 Å². The van der Waals surface area contributed by atoms with Gasteiger partial charge < -0.3 is 10.6 Å². The van der Waals surface area contributed by atoms with Gasteiger partial charge in [-0.1, -0.05) is 6.07 Å². The summed E-state index contributed by atoms with van der Waals surface area (Å²) in [6.45, 7) is 0.652. The molecule has 0 radical (unpaired) electrons. The van der Waals surface area contributed by atoms with Crippen LogP contribution in [-0.4, -0.2) is 27.0 Å². The highest BCUT2D eigenvalue weighted by Gasteiger charge is 2.34. The standard InChI is InChI=1S/C12H14N4OS/c13-10-6-14-15-11(10)12(17)16(8-3-4-8)7-9-2-1-5-18-9/h1-2,5-6,8H,3-4,7,13H2,(H,14,15). The molecule has 0 unspecified atom stereocenters. The number of H-pyrrole nitrogens is 1. The third kappa shape index (κ3) is 2.11. The Morgan fingerprint density at radius 3 is 3.00 bits per heavy atom. The molecule has 3 N–H and O–H groups in total. The summed E-state index contributed by atoms with van der Waals surface area (Å²) >= 11 is 1.66. The molecule has 3 rings (SSSR count). The Morgan fingerprint density at radius 1 is 1.61 bits per heavy atom. The van der Waals surface area contributed by atoms with Gasteiger partial charge in [0.2, 0.25) is 0 Å². The summed E-state index contributed by atoms with van der Waals surface area (Å²) in [5.41, 5.74) is 6.55. The van der Waals surface area contributed by atoms with Crippen LogP contribution in [0.2, 0.25) is 0 Å². The van der Waals surface area contributed by atoms with Crippen LogP contribution in [0.1, 0.15) is 28.2 Å². The Balaban J connectivity index is 1.82. The first-order chi connectivity index (χ1) is 8.75. The highest BCUT2D eigenvalue weighted by Crippen LogP contribution is 2.31. The van der Waals surface area contributed by atoms with Gasteiger partial charge in [-0.05, 0) is 24.3 Å². The molecule has 0 spiro atoms. The van der Waals surface area contributed by atoms with Crippen LogP contribution in [0.25, 0.3) is 0 Å². The highest BCUT2D eigenvalue weighted by atomic mass is 32.1. The molecular formula is C12H14N4OS. The van der Waals surface area contributed by atoms with Crippen molar-refractivity contribution in [2.24, 2.45) is 0 Å². The highest BCUT2D eigenvalue weighted by molar-refractivity contribution is 7.09. The number of amides is 1. The molecule has 0 bridgehead atoms. The number of carbonyl (C=O) groups excluding carboxylic acids is 1. The van der Waals surface area contributed by atoms with Crippen molar-refractivity contribution in [3.63, 3.8) is 0 Å². The van der Waals surface area contributed by atoms with E-state index in [9.17, 15) is 4.79 Å². The number of rotatable bonds is 4. The lowest BCUT2D eigenvalue weighted by molar-refractivity contribution is 0.0726.